The number of nitrogens with one attached hydrogen (secondary N) is 1. The Bertz CT molecular complexity index is 1560. The lowest BCUT2D eigenvalue weighted by Gasteiger charge is -2.26. The van der Waals surface area contributed by atoms with Gasteiger partial charge in [0.1, 0.15) is 22.1 Å². The van der Waals surface area contributed by atoms with Gasteiger partial charge in [-0.3, -0.25) is 4.79 Å². The number of methoxy groups -OCH3 is 1. The lowest BCUT2D eigenvalue weighted by Crippen LogP contribution is -2.46. The van der Waals surface area contributed by atoms with Gasteiger partial charge in [0.25, 0.3) is 0 Å². The molecule has 12 heteroatoms. The molecule has 1 aliphatic carbocycles. The summed E-state index contributed by atoms with van der Waals surface area (Å²) < 4.78 is 64.8. The molecule has 2 fully saturated rings. The van der Waals surface area contributed by atoms with E-state index in [1.54, 1.807) is 4.57 Å². The predicted molar refractivity (Wildman–Crippen MR) is 127 cm³/mol. The maximum atomic E-state index is 15.4. The Morgan fingerprint density at radius 1 is 1.14 bits per heavy atom. The quantitative estimate of drug-likeness (QED) is 0.514. The van der Waals surface area contributed by atoms with E-state index in [-0.39, 0.29) is 46.9 Å². The summed E-state index contributed by atoms with van der Waals surface area (Å²) in [7, 11) is -2.82. The van der Waals surface area contributed by atoms with Gasteiger partial charge in [0.15, 0.2) is 5.75 Å². The molecule has 36 heavy (non-hydrogen) atoms. The van der Waals surface area contributed by atoms with Crippen LogP contribution in [0.5, 0.6) is 5.75 Å². The summed E-state index contributed by atoms with van der Waals surface area (Å²) in [5.41, 5.74) is -1.30. The number of fused-ring (bicyclic) bond motifs is 1. The van der Waals surface area contributed by atoms with Crippen molar-refractivity contribution in [2.24, 2.45) is 0 Å². The van der Waals surface area contributed by atoms with Crippen LogP contribution in [0.4, 0.5) is 8.78 Å². The first kappa shape index (κ1) is 24.3. The molecule has 0 bridgehead atoms. The Kier molecular flexibility index (Phi) is 6.05. The third-order valence-corrected chi connectivity index (χ3v) is 8.44. The highest BCUT2D eigenvalue weighted by Crippen LogP contribution is 2.44. The molecule has 2 aromatic carbocycles. The summed E-state index contributed by atoms with van der Waals surface area (Å²) in [4.78, 5) is 23.9. The third kappa shape index (κ3) is 3.94. The fourth-order valence-electron chi connectivity index (χ4n) is 4.60. The minimum Gasteiger partial charge on any atom is -0.494 e. The van der Waals surface area contributed by atoms with Crippen molar-refractivity contribution in [2.75, 3.05) is 33.3 Å². The molecule has 5 rings (SSSR count). The number of hydrogen-bond donors (Lipinski definition) is 2. The smallest absolute Gasteiger partial charge is 0.341 e. The van der Waals surface area contributed by atoms with Gasteiger partial charge in [-0.2, -0.15) is 4.31 Å². The SMILES string of the molecule is COc1c(-c2ccc(S(=O)(=O)N3CCNCC3)c(F)c2)c(F)cc2c(=O)c(C(=O)O)cn(C3CC3)c12. The molecule has 1 saturated heterocycles. The summed E-state index contributed by atoms with van der Waals surface area (Å²) in [5.74, 6) is -3.47. The lowest BCUT2D eigenvalue weighted by atomic mass is 9.99. The fourth-order valence-corrected chi connectivity index (χ4v) is 6.09. The number of aromatic nitrogens is 1. The van der Waals surface area contributed by atoms with Gasteiger partial charge in [0.2, 0.25) is 15.5 Å². The Balaban J connectivity index is 1.70. The number of nitrogens with zero attached hydrogens (tertiary/aromatic N) is 2. The van der Waals surface area contributed by atoms with Gasteiger partial charge in [-0.05, 0) is 36.6 Å². The number of rotatable bonds is 6. The van der Waals surface area contributed by atoms with Crippen molar-refractivity contribution in [1.82, 2.24) is 14.2 Å². The number of piperazine rings is 1. The highest BCUT2D eigenvalue weighted by molar-refractivity contribution is 7.89. The van der Waals surface area contributed by atoms with Crippen molar-refractivity contribution in [2.45, 2.75) is 23.8 Å². The van der Waals surface area contributed by atoms with Crippen LogP contribution in [0.1, 0.15) is 29.2 Å². The first-order chi connectivity index (χ1) is 17.1. The molecule has 2 heterocycles. The first-order valence-electron chi connectivity index (χ1n) is 11.3. The van der Waals surface area contributed by atoms with Crippen molar-refractivity contribution in [1.29, 1.82) is 0 Å². The maximum Gasteiger partial charge on any atom is 0.341 e. The van der Waals surface area contributed by atoms with Gasteiger partial charge >= 0.3 is 5.97 Å². The number of ether oxygens (including phenoxy) is 1. The van der Waals surface area contributed by atoms with E-state index in [0.717, 1.165) is 31.0 Å². The molecule has 2 N–H and O–H groups in total. The van der Waals surface area contributed by atoms with Gasteiger partial charge in [0.05, 0.1) is 23.6 Å². The van der Waals surface area contributed by atoms with Gasteiger partial charge < -0.3 is 19.7 Å². The first-order valence-corrected chi connectivity index (χ1v) is 12.8. The Morgan fingerprint density at radius 2 is 1.83 bits per heavy atom. The van der Waals surface area contributed by atoms with E-state index in [1.807, 2.05) is 0 Å². The van der Waals surface area contributed by atoms with E-state index in [1.165, 1.54) is 23.7 Å². The molecule has 0 spiro atoms. The van der Waals surface area contributed by atoms with E-state index >= 15 is 8.78 Å². The van der Waals surface area contributed by atoms with Crippen LogP contribution >= 0.6 is 0 Å². The van der Waals surface area contributed by atoms with E-state index < -0.39 is 43.5 Å². The van der Waals surface area contributed by atoms with E-state index in [0.29, 0.717) is 13.1 Å². The molecule has 0 amide bonds. The van der Waals surface area contributed by atoms with Crippen molar-refractivity contribution in [3.8, 4) is 16.9 Å². The minimum absolute atomic E-state index is 0.0140. The number of pyridine rings is 1. The molecule has 0 unspecified atom stereocenters. The Labute approximate surface area is 205 Å². The topological polar surface area (TPSA) is 118 Å². The maximum absolute atomic E-state index is 15.4. The standard InChI is InChI=1S/C24H23F2N3O6S/c1-35-23-20(13-2-5-19(17(25)10-13)36(33,34)28-8-6-27-7-9-28)18(26)11-15-21(23)29(14-3-4-14)12-16(22(15)30)24(31)32/h2,5,10-12,14,27H,3-4,6-9H2,1H3,(H,31,32). The number of carboxylic acid groups (broad SMARTS) is 1. The zero-order chi connectivity index (χ0) is 25.8. The summed E-state index contributed by atoms with van der Waals surface area (Å²) in [6, 6.07) is 4.13. The highest BCUT2D eigenvalue weighted by atomic mass is 32.2. The minimum atomic E-state index is -4.09. The second-order valence-electron chi connectivity index (χ2n) is 8.78. The zero-order valence-corrected chi connectivity index (χ0v) is 20.1. The number of hydrogen-bond acceptors (Lipinski definition) is 6. The molecule has 2 aliphatic rings. The van der Waals surface area contributed by atoms with E-state index in [4.69, 9.17) is 4.74 Å². The van der Waals surface area contributed by atoms with Crippen LogP contribution in [-0.2, 0) is 10.0 Å². The molecule has 1 aromatic heterocycles. The number of benzene rings is 2. The van der Waals surface area contributed by atoms with Gasteiger partial charge in [-0.1, -0.05) is 6.07 Å². The predicted octanol–water partition coefficient (Wildman–Crippen LogP) is 2.58. The van der Waals surface area contributed by atoms with Crippen molar-refractivity contribution >= 4 is 26.9 Å². The third-order valence-electron chi connectivity index (χ3n) is 6.51. The molecule has 0 atom stereocenters. The molecule has 9 nitrogen and oxygen atoms in total. The molecule has 3 aromatic rings. The number of carbonyl (C=O) groups is 1. The second-order valence-corrected chi connectivity index (χ2v) is 10.7. The Hall–Kier alpha value is -3.35. The second kappa shape index (κ2) is 8.95. The lowest BCUT2D eigenvalue weighted by molar-refractivity contribution is 0.0694. The summed E-state index contributed by atoms with van der Waals surface area (Å²) in [6.45, 7) is 1.30. The van der Waals surface area contributed by atoms with E-state index in [2.05, 4.69) is 5.32 Å². The number of sulfonamides is 1. The molecular weight excluding hydrogens is 496 g/mol. The average molecular weight is 520 g/mol. The van der Waals surface area contributed by atoms with Crippen molar-refractivity contribution in [3.63, 3.8) is 0 Å². The van der Waals surface area contributed by atoms with Crippen LogP contribution < -0.4 is 15.5 Å². The van der Waals surface area contributed by atoms with Crippen LogP contribution in [-0.4, -0.2) is 61.7 Å². The molecule has 1 aliphatic heterocycles. The average Bonchev–Trinajstić information content (AvgIpc) is 3.69. The fraction of sp³-hybridized carbons (Fsp3) is 0.333. The van der Waals surface area contributed by atoms with Crippen molar-refractivity contribution in [3.05, 3.63) is 57.9 Å². The number of aromatic carboxylic acids is 1. The zero-order valence-electron chi connectivity index (χ0n) is 19.3. The monoisotopic (exact) mass is 519 g/mol. The molecule has 0 radical (unpaired) electrons. The van der Waals surface area contributed by atoms with Crippen LogP contribution in [0.3, 0.4) is 0 Å². The number of halogens is 2. The van der Waals surface area contributed by atoms with Gasteiger partial charge in [-0.15, -0.1) is 0 Å². The van der Waals surface area contributed by atoms with Crippen LogP contribution in [0, 0.1) is 11.6 Å². The van der Waals surface area contributed by atoms with E-state index in [9.17, 15) is 23.1 Å². The normalized spacial score (nSPS) is 16.9. The van der Waals surface area contributed by atoms with Gasteiger partial charge in [0, 0.05) is 38.4 Å². The van der Waals surface area contributed by atoms with Crippen LogP contribution in [0.25, 0.3) is 22.0 Å². The summed E-state index contributed by atoms with van der Waals surface area (Å²) >= 11 is 0. The molecule has 1 saturated carbocycles. The molecule has 190 valence electrons. The Morgan fingerprint density at radius 3 is 2.42 bits per heavy atom. The van der Waals surface area contributed by atoms with Crippen molar-refractivity contribution < 1.29 is 31.8 Å². The summed E-state index contributed by atoms with van der Waals surface area (Å²) in [5, 5.41) is 12.3. The number of carboxylic acids is 1. The van der Waals surface area contributed by atoms with Crippen LogP contribution in [0.2, 0.25) is 0 Å². The largest absolute Gasteiger partial charge is 0.494 e. The van der Waals surface area contributed by atoms with Crippen LogP contribution in [0.15, 0.2) is 40.2 Å². The summed E-state index contributed by atoms with van der Waals surface area (Å²) in [6.07, 6.45) is 2.69. The van der Waals surface area contributed by atoms with Gasteiger partial charge in [-0.25, -0.2) is 22.0 Å². The molecular formula is C24H23F2N3O6S. The highest BCUT2D eigenvalue weighted by Gasteiger charge is 2.32.